The summed E-state index contributed by atoms with van der Waals surface area (Å²) in [6.07, 6.45) is 6.97. The van der Waals surface area contributed by atoms with Gasteiger partial charge < -0.3 is 10.6 Å². The molecule has 4 rings (SSSR count). The van der Waals surface area contributed by atoms with Crippen molar-refractivity contribution < 1.29 is 4.79 Å². The minimum Gasteiger partial charge on any atom is -0.352 e. The van der Waals surface area contributed by atoms with Gasteiger partial charge >= 0.3 is 0 Å². The molecule has 0 saturated carbocycles. The zero-order valence-electron chi connectivity index (χ0n) is 17.6. The second-order valence-electron chi connectivity index (χ2n) is 9.86. The van der Waals surface area contributed by atoms with Gasteiger partial charge in [0, 0.05) is 44.7 Å². The lowest BCUT2D eigenvalue weighted by Crippen LogP contribution is -2.39. The molecule has 4 nitrogen and oxygen atoms in total. The number of benzene rings is 1. The van der Waals surface area contributed by atoms with Gasteiger partial charge in [-0.3, -0.25) is 9.69 Å². The summed E-state index contributed by atoms with van der Waals surface area (Å²) >= 11 is 0. The molecule has 1 amide bonds. The zero-order chi connectivity index (χ0) is 19.5. The maximum absolute atomic E-state index is 12.6. The van der Waals surface area contributed by atoms with Crippen LogP contribution in [0.5, 0.6) is 0 Å². The summed E-state index contributed by atoms with van der Waals surface area (Å²) in [5.41, 5.74) is 2.64. The first-order valence-electron chi connectivity index (χ1n) is 11.4. The molecule has 28 heavy (non-hydrogen) atoms. The van der Waals surface area contributed by atoms with Gasteiger partial charge in [-0.15, -0.1) is 0 Å². The van der Waals surface area contributed by atoms with Crippen molar-refractivity contribution in [3.8, 4) is 0 Å². The van der Waals surface area contributed by atoms with Gasteiger partial charge in [-0.2, -0.15) is 0 Å². The molecule has 4 unspecified atom stereocenters. The fourth-order valence-corrected chi connectivity index (χ4v) is 5.92. The van der Waals surface area contributed by atoms with Crippen LogP contribution in [-0.4, -0.2) is 36.0 Å². The van der Waals surface area contributed by atoms with Crippen molar-refractivity contribution in [2.45, 2.75) is 77.5 Å². The topological polar surface area (TPSA) is 44.4 Å². The Morgan fingerprint density at radius 3 is 2.36 bits per heavy atom. The monoisotopic (exact) mass is 383 g/mol. The first kappa shape index (κ1) is 19.9. The highest BCUT2D eigenvalue weighted by molar-refractivity contribution is 5.76. The van der Waals surface area contributed by atoms with Crippen LogP contribution in [-0.2, 0) is 17.9 Å². The van der Waals surface area contributed by atoms with E-state index in [1.165, 1.54) is 56.3 Å². The van der Waals surface area contributed by atoms with Crippen LogP contribution < -0.4 is 10.6 Å². The van der Waals surface area contributed by atoms with Gasteiger partial charge in [0.15, 0.2) is 0 Å². The van der Waals surface area contributed by atoms with Crippen LogP contribution in [0.2, 0.25) is 0 Å². The number of rotatable bonds is 6. The number of carbonyl (C=O) groups is 1. The first-order valence-corrected chi connectivity index (χ1v) is 11.4. The van der Waals surface area contributed by atoms with Gasteiger partial charge in [0.2, 0.25) is 5.91 Å². The molecular weight excluding hydrogens is 346 g/mol. The number of nitrogens with zero attached hydrogens (tertiary/aromatic N) is 1. The molecule has 3 aliphatic rings. The highest BCUT2D eigenvalue weighted by Gasteiger charge is 2.34. The number of amides is 1. The molecule has 2 bridgehead atoms. The number of carbonyl (C=O) groups excluding carboxylic acids is 1. The van der Waals surface area contributed by atoms with E-state index in [0.717, 1.165) is 18.4 Å². The summed E-state index contributed by atoms with van der Waals surface area (Å²) < 4.78 is 0. The lowest BCUT2D eigenvalue weighted by atomic mass is 9.89. The third kappa shape index (κ3) is 5.15. The van der Waals surface area contributed by atoms with Crippen molar-refractivity contribution >= 4 is 5.91 Å². The molecule has 0 radical (unpaired) electrons. The molecule has 3 aliphatic heterocycles. The van der Waals surface area contributed by atoms with E-state index in [0.29, 0.717) is 31.0 Å². The summed E-state index contributed by atoms with van der Waals surface area (Å²) in [4.78, 5) is 15.2. The number of nitrogens with one attached hydrogen (secondary N) is 2. The molecule has 0 aliphatic carbocycles. The molecule has 3 heterocycles. The number of likely N-dealkylation sites (tertiary alicyclic amines) is 1. The molecule has 1 aromatic carbocycles. The lowest BCUT2D eigenvalue weighted by molar-refractivity contribution is -0.122. The van der Waals surface area contributed by atoms with Crippen LogP contribution in [0.3, 0.4) is 0 Å². The summed E-state index contributed by atoms with van der Waals surface area (Å²) in [6, 6.07) is 9.95. The van der Waals surface area contributed by atoms with E-state index in [2.05, 4.69) is 53.6 Å². The van der Waals surface area contributed by atoms with Crippen LogP contribution in [0.15, 0.2) is 24.3 Å². The smallest absolute Gasteiger partial charge is 0.220 e. The van der Waals surface area contributed by atoms with Gasteiger partial charge in [-0.05, 0) is 61.0 Å². The van der Waals surface area contributed by atoms with Crippen molar-refractivity contribution in [1.29, 1.82) is 0 Å². The number of piperidine rings is 2. The molecule has 3 saturated heterocycles. The van der Waals surface area contributed by atoms with E-state index in [1.54, 1.807) is 0 Å². The zero-order valence-corrected chi connectivity index (χ0v) is 17.6. The first-order chi connectivity index (χ1) is 13.5. The Morgan fingerprint density at radius 2 is 1.68 bits per heavy atom. The van der Waals surface area contributed by atoms with Crippen molar-refractivity contribution in [3.05, 3.63) is 35.4 Å². The molecule has 0 spiro atoms. The van der Waals surface area contributed by atoms with E-state index in [4.69, 9.17) is 0 Å². The Bertz CT molecular complexity index is 654. The van der Waals surface area contributed by atoms with Crippen molar-refractivity contribution in [2.75, 3.05) is 13.1 Å². The average Bonchev–Trinajstić information content (AvgIpc) is 2.98. The van der Waals surface area contributed by atoms with Crippen LogP contribution >= 0.6 is 0 Å². The minimum absolute atomic E-state index is 0.223. The summed E-state index contributed by atoms with van der Waals surface area (Å²) in [5, 5.41) is 6.88. The SMILES string of the molecule is CC1CC(C)CN(Cc2ccccc2CNC(=O)CC2CC3CCC(C2)N3)C1. The summed E-state index contributed by atoms with van der Waals surface area (Å²) in [7, 11) is 0. The van der Waals surface area contributed by atoms with Crippen LogP contribution in [0.1, 0.15) is 63.5 Å². The fraction of sp³-hybridized carbons (Fsp3) is 0.708. The predicted molar refractivity (Wildman–Crippen MR) is 114 cm³/mol. The molecule has 4 atom stereocenters. The fourth-order valence-electron chi connectivity index (χ4n) is 5.92. The van der Waals surface area contributed by atoms with Crippen molar-refractivity contribution in [3.63, 3.8) is 0 Å². The van der Waals surface area contributed by atoms with E-state index in [1.807, 2.05) is 0 Å². The molecule has 0 aromatic heterocycles. The Balaban J connectivity index is 1.29. The van der Waals surface area contributed by atoms with Crippen LogP contribution in [0.25, 0.3) is 0 Å². The standard InChI is InChI=1S/C24H37N3O/c1-17-9-18(2)15-27(14-17)16-21-6-4-3-5-20(21)13-25-24(28)12-19-10-22-7-8-23(11-19)26-22/h3-6,17-19,22-23,26H,7-16H2,1-2H3,(H,25,28). The Kier molecular flexibility index (Phi) is 6.37. The maximum atomic E-state index is 12.6. The lowest BCUT2D eigenvalue weighted by Gasteiger charge is -2.35. The summed E-state index contributed by atoms with van der Waals surface area (Å²) in [6.45, 7) is 8.75. The van der Waals surface area contributed by atoms with E-state index in [-0.39, 0.29) is 5.91 Å². The Morgan fingerprint density at radius 1 is 1.04 bits per heavy atom. The molecule has 3 fully saturated rings. The molecular formula is C24H37N3O. The largest absolute Gasteiger partial charge is 0.352 e. The molecule has 1 aromatic rings. The summed E-state index contributed by atoms with van der Waals surface area (Å²) in [5.74, 6) is 2.33. The van der Waals surface area contributed by atoms with E-state index >= 15 is 0 Å². The normalized spacial score (nSPS) is 33.0. The maximum Gasteiger partial charge on any atom is 0.220 e. The predicted octanol–water partition coefficient (Wildman–Crippen LogP) is 3.70. The minimum atomic E-state index is 0.223. The molecule has 2 N–H and O–H groups in total. The number of fused-ring (bicyclic) bond motifs is 2. The average molecular weight is 384 g/mol. The number of hydrogen-bond donors (Lipinski definition) is 2. The third-order valence-electron chi connectivity index (χ3n) is 6.98. The second-order valence-corrected chi connectivity index (χ2v) is 9.86. The van der Waals surface area contributed by atoms with Gasteiger partial charge in [-0.25, -0.2) is 0 Å². The van der Waals surface area contributed by atoms with Crippen LogP contribution in [0.4, 0.5) is 0 Å². The quantitative estimate of drug-likeness (QED) is 0.787. The van der Waals surface area contributed by atoms with Crippen LogP contribution in [0, 0.1) is 17.8 Å². The Labute approximate surface area is 170 Å². The van der Waals surface area contributed by atoms with Gasteiger partial charge in [0.05, 0.1) is 0 Å². The van der Waals surface area contributed by atoms with E-state index in [9.17, 15) is 4.79 Å². The van der Waals surface area contributed by atoms with Gasteiger partial charge in [0.1, 0.15) is 0 Å². The highest BCUT2D eigenvalue weighted by atomic mass is 16.1. The van der Waals surface area contributed by atoms with E-state index < -0.39 is 0 Å². The van der Waals surface area contributed by atoms with Gasteiger partial charge in [-0.1, -0.05) is 38.1 Å². The van der Waals surface area contributed by atoms with Gasteiger partial charge in [0.25, 0.3) is 0 Å². The van der Waals surface area contributed by atoms with Crippen molar-refractivity contribution in [2.24, 2.45) is 17.8 Å². The second kappa shape index (κ2) is 8.96. The third-order valence-corrected chi connectivity index (χ3v) is 6.98. The highest BCUT2D eigenvalue weighted by Crippen LogP contribution is 2.32. The van der Waals surface area contributed by atoms with Crippen molar-refractivity contribution in [1.82, 2.24) is 15.5 Å². The molecule has 4 heteroatoms. The Hall–Kier alpha value is -1.39. The number of hydrogen-bond acceptors (Lipinski definition) is 3. The molecule has 154 valence electrons.